The molecule has 138 valence electrons. The predicted molar refractivity (Wildman–Crippen MR) is 111 cm³/mol. The molecule has 0 radical (unpaired) electrons. The quantitative estimate of drug-likeness (QED) is 0.656. The highest BCUT2D eigenvalue weighted by Crippen LogP contribution is 2.20. The van der Waals surface area contributed by atoms with Crippen LogP contribution in [0.5, 0.6) is 0 Å². The first-order valence-corrected chi connectivity index (χ1v) is 10.7. The first kappa shape index (κ1) is 18.9. The minimum atomic E-state index is 0.691. The Balaban J connectivity index is 1.47. The van der Waals surface area contributed by atoms with Crippen molar-refractivity contribution in [3.8, 4) is 0 Å². The lowest BCUT2D eigenvalue weighted by Crippen LogP contribution is -3.19. The molecular weight excluding hydrogens is 350 g/mol. The van der Waals surface area contributed by atoms with Gasteiger partial charge in [0.25, 0.3) is 0 Å². The number of nitrogens with one attached hydrogen (secondary N) is 3. The Hall–Kier alpha value is -0.840. The first-order chi connectivity index (χ1) is 12.2. The van der Waals surface area contributed by atoms with Crippen LogP contribution in [0.15, 0.2) is 24.3 Å². The van der Waals surface area contributed by atoms with Gasteiger partial charge in [-0.1, -0.05) is 24.1 Å². The van der Waals surface area contributed by atoms with E-state index < -0.39 is 0 Å². The number of rotatable bonds is 6. The number of benzene rings is 1. The van der Waals surface area contributed by atoms with Crippen LogP contribution in [0.4, 0.5) is 5.69 Å². The molecule has 0 amide bonds. The molecule has 1 unspecified atom stereocenters. The van der Waals surface area contributed by atoms with Crippen molar-refractivity contribution >= 4 is 34.6 Å². The molecule has 1 aromatic carbocycles. The van der Waals surface area contributed by atoms with E-state index in [2.05, 4.69) is 10.6 Å². The largest absolute Gasteiger partial charge is 0.357 e. The minimum absolute atomic E-state index is 0.691. The average molecular weight is 381 g/mol. The van der Waals surface area contributed by atoms with E-state index in [0.717, 1.165) is 29.3 Å². The second kappa shape index (κ2) is 9.75. The summed E-state index contributed by atoms with van der Waals surface area (Å²) >= 11 is 11.5. The van der Waals surface area contributed by atoms with Crippen LogP contribution in [0.1, 0.15) is 57.8 Å². The highest BCUT2D eigenvalue weighted by atomic mass is 35.5. The Morgan fingerprint density at radius 2 is 1.68 bits per heavy atom. The van der Waals surface area contributed by atoms with Crippen molar-refractivity contribution in [2.75, 3.05) is 18.4 Å². The van der Waals surface area contributed by atoms with Gasteiger partial charge in [0.15, 0.2) is 5.11 Å². The third kappa shape index (κ3) is 5.83. The Bertz CT molecular complexity index is 554. The van der Waals surface area contributed by atoms with Gasteiger partial charge >= 0.3 is 0 Å². The predicted octanol–water partition coefficient (Wildman–Crippen LogP) is 3.79. The highest BCUT2D eigenvalue weighted by Gasteiger charge is 2.32. The third-order valence-corrected chi connectivity index (χ3v) is 6.27. The van der Waals surface area contributed by atoms with Crippen LogP contribution in [0.2, 0.25) is 5.02 Å². The van der Waals surface area contributed by atoms with E-state index in [9.17, 15) is 0 Å². The van der Waals surface area contributed by atoms with E-state index in [4.69, 9.17) is 23.8 Å². The lowest BCUT2D eigenvalue weighted by molar-refractivity contribution is -0.949. The fourth-order valence-corrected chi connectivity index (χ4v) is 4.98. The summed E-state index contributed by atoms with van der Waals surface area (Å²) in [5.74, 6) is 0. The number of thiocarbonyl (C=S) groups is 1. The molecule has 1 atom stereocenters. The van der Waals surface area contributed by atoms with E-state index in [1.165, 1.54) is 64.3 Å². The van der Waals surface area contributed by atoms with E-state index >= 15 is 0 Å². The second-order valence-corrected chi connectivity index (χ2v) is 8.38. The monoisotopic (exact) mass is 380 g/mol. The molecule has 0 heterocycles. The van der Waals surface area contributed by atoms with Crippen LogP contribution in [0, 0.1) is 0 Å². The highest BCUT2D eigenvalue weighted by molar-refractivity contribution is 7.80. The summed E-state index contributed by atoms with van der Waals surface area (Å²) in [4.78, 5) is 1.84. The van der Waals surface area contributed by atoms with Crippen LogP contribution in [-0.4, -0.2) is 30.3 Å². The van der Waals surface area contributed by atoms with Gasteiger partial charge in [0.1, 0.15) is 0 Å². The van der Waals surface area contributed by atoms with E-state index in [0.29, 0.717) is 5.11 Å². The average Bonchev–Trinajstić information content (AvgIpc) is 3.14. The molecule has 0 spiro atoms. The molecule has 5 heteroatoms. The number of hydrogen-bond donors (Lipinski definition) is 3. The summed E-state index contributed by atoms with van der Waals surface area (Å²) in [5.41, 5.74) is 0.942. The number of anilines is 1. The topological polar surface area (TPSA) is 28.5 Å². The van der Waals surface area contributed by atoms with Gasteiger partial charge in [0, 0.05) is 10.7 Å². The molecule has 2 aliphatic rings. The Kier molecular flexibility index (Phi) is 7.38. The van der Waals surface area contributed by atoms with Crippen molar-refractivity contribution in [1.82, 2.24) is 5.32 Å². The third-order valence-electron chi connectivity index (χ3n) is 5.79. The summed E-state index contributed by atoms with van der Waals surface area (Å²) in [7, 11) is 0. The van der Waals surface area contributed by atoms with Gasteiger partial charge in [-0.05, 0) is 81.8 Å². The molecule has 2 fully saturated rings. The molecule has 2 saturated carbocycles. The maximum absolute atomic E-state index is 6.03. The van der Waals surface area contributed by atoms with Crippen LogP contribution in [0.3, 0.4) is 0 Å². The van der Waals surface area contributed by atoms with Crippen LogP contribution < -0.4 is 15.5 Å². The fraction of sp³-hybridized carbons (Fsp3) is 0.650. The van der Waals surface area contributed by atoms with E-state index in [1.807, 2.05) is 29.2 Å². The standard InChI is InChI=1S/C20H30ClN3S/c21-16-7-6-8-17(15-16)23-20(25)22-13-14-24(19-11-4-5-12-19)18-9-2-1-3-10-18/h6-8,15,18-19H,1-5,9-14H2,(H2,22,23,25)/p+1. The molecule has 3 N–H and O–H groups in total. The van der Waals surface area contributed by atoms with Crippen molar-refractivity contribution in [2.45, 2.75) is 69.9 Å². The van der Waals surface area contributed by atoms with Gasteiger partial charge in [0.05, 0.1) is 25.2 Å². The van der Waals surface area contributed by atoms with E-state index in [-0.39, 0.29) is 0 Å². The Labute approximate surface area is 162 Å². The van der Waals surface area contributed by atoms with Gasteiger partial charge < -0.3 is 15.5 Å². The second-order valence-electron chi connectivity index (χ2n) is 7.53. The number of hydrogen-bond acceptors (Lipinski definition) is 1. The van der Waals surface area contributed by atoms with Crippen molar-refractivity contribution in [3.63, 3.8) is 0 Å². The molecule has 1 aromatic rings. The Morgan fingerprint density at radius 3 is 2.32 bits per heavy atom. The van der Waals surface area contributed by atoms with Crippen molar-refractivity contribution in [1.29, 1.82) is 0 Å². The zero-order valence-electron chi connectivity index (χ0n) is 15.0. The SMILES string of the molecule is S=C(NCC[NH+](C1CCCCC1)C1CCCC1)Nc1cccc(Cl)c1. The first-order valence-electron chi connectivity index (χ1n) is 9.88. The summed E-state index contributed by atoms with van der Waals surface area (Å²) < 4.78 is 0. The van der Waals surface area contributed by atoms with Gasteiger partial charge in [-0.3, -0.25) is 0 Å². The maximum Gasteiger partial charge on any atom is 0.170 e. The van der Waals surface area contributed by atoms with Crippen molar-refractivity contribution < 1.29 is 4.90 Å². The normalized spacial score (nSPS) is 20.4. The molecule has 0 saturated heterocycles. The molecule has 0 aliphatic heterocycles. The smallest absolute Gasteiger partial charge is 0.170 e. The van der Waals surface area contributed by atoms with Crippen LogP contribution in [-0.2, 0) is 0 Å². The lowest BCUT2D eigenvalue weighted by atomic mass is 9.93. The summed E-state index contributed by atoms with van der Waals surface area (Å²) in [6.45, 7) is 2.11. The van der Waals surface area contributed by atoms with Gasteiger partial charge in [-0.25, -0.2) is 0 Å². The minimum Gasteiger partial charge on any atom is -0.357 e. The van der Waals surface area contributed by atoms with Crippen LogP contribution >= 0.6 is 23.8 Å². The van der Waals surface area contributed by atoms with Crippen LogP contribution in [0.25, 0.3) is 0 Å². The van der Waals surface area contributed by atoms with Gasteiger partial charge in [-0.2, -0.15) is 0 Å². The molecule has 0 aromatic heterocycles. The number of halogens is 1. The zero-order valence-corrected chi connectivity index (χ0v) is 16.6. The molecule has 2 aliphatic carbocycles. The molecule has 25 heavy (non-hydrogen) atoms. The lowest BCUT2D eigenvalue weighted by Gasteiger charge is -2.35. The Morgan fingerprint density at radius 1 is 1.04 bits per heavy atom. The summed E-state index contributed by atoms with van der Waals surface area (Å²) in [5, 5.41) is 8.05. The van der Waals surface area contributed by atoms with E-state index in [1.54, 1.807) is 0 Å². The van der Waals surface area contributed by atoms with Gasteiger partial charge in [-0.15, -0.1) is 0 Å². The maximum atomic E-state index is 6.03. The van der Waals surface area contributed by atoms with Crippen molar-refractivity contribution in [2.24, 2.45) is 0 Å². The molecule has 3 nitrogen and oxygen atoms in total. The summed E-state index contributed by atoms with van der Waals surface area (Å²) in [6, 6.07) is 9.43. The fourth-order valence-electron chi connectivity index (χ4n) is 4.57. The van der Waals surface area contributed by atoms with Gasteiger partial charge in [0.2, 0.25) is 0 Å². The molecular formula is C20H31ClN3S+. The zero-order chi connectivity index (χ0) is 17.5. The summed E-state index contributed by atoms with van der Waals surface area (Å²) in [6.07, 6.45) is 12.8. The van der Waals surface area contributed by atoms with Crippen molar-refractivity contribution in [3.05, 3.63) is 29.3 Å². The molecule has 0 bridgehead atoms. The molecule has 3 rings (SSSR count). The number of quaternary nitrogens is 1.